The topological polar surface area (TPSA) is 12.4 Å². The first-order valence-corrected chi connectivity index (χ1v) is 10.8. The van der Waals surface area contributed by atoms with E-state index < -0.39 is 0 Å². The number of aliphatic imine (C=N–C) groups is 1. The van der Waals surface area contributed by atoms with Crippen LogP contribution in [0.2, 0.25) is 0 Å². The van der Waals surface area contributed by atoms with Crippen molar-refractivity contribution in [1.29, 1.82) is 0 Å². The van der Waals surface area contributed by atoms with Crippen LogP contribution < -0.4 is 0 Å². The van der Waals surface area contributed by atoms with E-state index in [9.17, 15) is 0 Å². The van der Waals surface area contributed by atoms with Gasteiger partial charge in [-0.05, 0) is 38.5 Å². The smallest absolute Gasteiger partial charge is 0.185 e. The van der Waals surface area contributed by atoms with E-state index in [1.54, 1.807) is 0 Å². The SMILES string of the molecule is CCCCCCCCC=CCCCCCCCC[N+]1(C)C=NCC1. The average Bonchev–Trinajstić information content (AvgIpc) is 3.01. The van der Waals surface area contributed by atoms with Gasteiger partial charge in [0.05, 0.1) is 20.1 Å². The quantitative estimate of drug-likeness (QED) is 0.173. The molecule has 0 aromatic rings. The van der Waals surface area contributed by atoms with Crippen LogP contribution in [0.3, 0.4) is 0 Å². The maximum absolute atomic E-state index is 4.37. The summed E-state index contributed by atoms with van der Waals surface area (Å²) in [6, 6.07) is 0. The van der Waals surface area contributed by atoms with Crippen LogP contribution in [0.15, 0.2) is 17.1 Å². The number of rotatable bonds is 16. The molecule has 0 aromatic carbocycles. The Balaban J connectivity index is 1.75. The summed E-state index contributed by atoms with van der Waals surface area (Å²) in [5.74, 6) is 0. The molecule has 24 heavy (non-hydrogen) atoms. The molecule has 2 nitrogen and oxygen atoms in total. The monoisotopic (exact) mass is 335 g/mol. The van der Waals surface area contributed by atoms with Gasteiger partial charge in [-0.3, -0.25) is 4.48 Å². The molecule has 140 valence electrons. The van der Waals surface area contributed by atoms with E-state index >= 15 is 0 Å². The molecule has 1 atom stereocenters. The highest BCUT2D eigenvalue weighted by atomic mass is 15.4. The van der Waals surface area contributed by atoms with E-state index in [2.05, 4.69) is 37.5 Å². The summed E-state index contributed by atoms with van der Waals surface area (Å²) in [5.41, 5.74) is 0. The van der Waals surface area contributed by atoms with Crippen LogP contribution >= 0.6 is 0 Å². The molecule has 1 aliphatic rings. The minimum atomic E-state index is 1.03. The second kappa shape index (κ2) is 14.7. The van der Waals surface area contributed by atoms with Gasteiger partial charge in [0.15, 0.2) is 6.34 Å². The summed E-state index contributed by atoms with van der Waals surface area (Å²) in [6.07, 6.45) is 26.4. The fraction of sp³-hybridized carbons (Fsp3) is 0.864. The minimum Gasteiger partial charge on any atom is -0.282 e. The molecule has 1 aliphatic heterocycles. The Morgan fingerprint density at radius 3 is 1.88 bits per heavy atom. The summed E-state index contributed by atoms with van der Waals surface area (Å²) in [4.78, 5) is 4.37. The van der Waals surface area contributed by atoms with Crippen molar-refractivity contribution >= 4 is 6.34 Å². The zero-order valence-electron chi connectivity index (χ0n) is 16.6. The number of hydrogen-bond donors (Lipinski definition) is 0. The Labute approximate surface area is 152 Å². The number of nitrogens with zero attached hydrogens (tertiary/aromatic N) is 2. The number of unbranched alkanes of at least 4 members (excludes halogenated alkanes) is 12. The number of hydrogen-bond acceptors (Lipinski definition) is 1. The molecule has 0 saturated carbocycles. The largest absolute Gasteiger partial charge is 0.282 e. The third-order valence-corrected chi connectivity index (χ3v) is 5.28. The predicted molar refractivity (Wildman–Crippen MR) is 109 cm³/mol. The maximum Gasteiger partial charge on any atom is 0.185 e. The van der Waals surface area contributed by atoms with Crippen LogP contribution in [0.1, 0.15) is 96.8 Å². The van der Waals surface area contributed by atoms with Gasteiger partial charge in [-0.25, -0.2) is 4.99 Å². The summed E-state index contributed by atoms with van der Waals surface area (Å²) in [6.45, 7) is 5.81. The second-order valence-electron chi connectivity index (χ2n) is 7.89. The van der Waals surface area contributed by atoms with E-state index in [0.29, 0.717) is 0 Å². The fourth-order valence-electron chi connectivity index (χ4n) is 3.49. The van der Waals surface area contributed by atoms with Gasteiger partial charge in [-0.15, -0.1) is 0 Å². The Morgan fingerprint density at radius 2 is 1.33 bits per heavy atom. The fourth-order valence-corrected chi connectivity index (χ4v) is 3.49. The van der Waals surface area contributed by atoms with E-state index in [4.69, 9.17) is 0 Å². The molecule has 1 unspecified atom stereocenters. The maximum atomic E-state index is 4.37. The van der Waals surface area contributed by atoms with Crippen molar-refractivity contribution < 1.29 is 4.48 Å². The molecule has 1 rings (SSSR count). The third kappa shape index (κ3) is 11.8. The lowest BCUT2D eigenvalue weighted by Gasteiger charge is -2.24. The van der Waals surface area contributed by atoms with E-state index in [-0.39, 0.29) is 0 Å². The van der Waals surface area contributed by atoms with E-state index in [1.165, 1.54) is 103 Å². The van der Waals surface area contributed by atoms with Gasteiger partial charge in [0.1, 0.15) is 6.54 Å². The van der Waals surface area contributed by atoms with Crippen molar-refractivity contribution in [2.75, 3.05) is 26.7 Å². The summed E-state index contributed by atoms with van der Waals surface area (Å²) >= 11 is 0. The predicted octanol–water partition coefficient (Wildman–Crippen LogP) is 6.51. The zero-order valence-corrected chi connectivity index (χ0v) is 16.6. The normalized spacial score (nSPS) is 20.4. The van der Waals surface area contributed by atoms with Gasteiger partial charge in [-0.1, -0.05) is 70.4 Å². The highest BCUT2D eigenvalue weighted by Crippen LogP contribution is 2.12. The van der Waals surface area contributed by atoms with Gasteiger partial charge in [0.2, 0.25) is 0 Å². The molecule has 0 aromatic heterocycles. The first-order valence-electron chi connectivity index (χ1n) is 10.8. The van der Waals surface area contributed by atoms with Crippen molar-refractivity contribution in [3.8, 4) is 0 Å². The summed E-state index contributed by atoms with van der Waals surface area (Å²) < 4.78 is 1.07. The summed E-state index contributed by atoms with van der Waals surface area (Å²) in [7, 11) is 2.31. The van der Waals surface area contributed by atoms with E-state index in [0.717, 1.165) is 11.0 Å². The lowest BCUT2D eigenvalue weighted by atomic mass is 10.1. The molecule has 1 heterocycles. The van der Waals surface area contributed by atoms with Gasteiger partial charge in [0.25, 0.3) is 0 Å². The van der Waals surface area contributed by atoms with Crippen LogP contribution in [0.5, 0.6) is 0 Å². The van der Waals surface area contributed by atoms with Crippen molar-refractivity contribution in [3.63, 3.8) is 0 Å². The van der Waals surface area contributed by atoms with Crippen LogP contribution in [0.25, 0.3) is 0 Å². The standard InChI is InChI=1S/C22H43N2/c1-3-4-5-6-7-8-9-10-11-12-13-14-15-16-17-18-20-24(2)21-19-23-22-24/h10-11,22H,3-9,12-21H2,1-2H3/q+1. The zero-order chi connectivity index (χ0) is 17.3. The molecular formula is C22H43N2+. The Morgan fingerprint density at radius 1 is 0.792 bits per heavy atom. The van der Waals surface area contributed by atoms with Crippen molar-refractivity contribution in [2.45, 2.75) is 96.8 Å². The molecule has 0 fully saturated rings. The van der Waals surface area contributed by atoms with Gasteiger partial charge < -0.3 is 0 Å². The van der Waals surface area contributed by atoms with Crippen LogP contribution in [-0.4, -0.2) is 37.5 Å². The molecule has 0 amide bonds. The van der Waals surface area contributed by atoms with Crippen LogP contribution in [-0.2, 0) is 0 Å². The highest BCUT2D eigenvalue weighted by Gasteiger charge is 2.22. The Kier molecular flexibility index (Phi) is 13.1. The third-order valence-electron chi connectivity index (χ3n) is 5.28. The molecule has 0 spiro atoms. The molecule has 0 bridgehead atoms. The van der Waals surface area contributed by atoms with Gasteiger partial charge >= 0.3 is 0 Å². The van der Waals surface area contributed by atoms with Crippen molar-refractivity contribution in [1.82, 2.24) is 0 Å². The second-order valence-corrected chi connectivity index (χ2v) is 7.89. The molecule has 0 aliphatic carbocycles. The molecule has 0 N–H and O–H groups in total. The van der Waals surface area contributed by atoms with Crippen molar-refractivity contribution in [3.05, 3.63) is 12.2 Å². The molecule has 2 heteroatoms. The Bertz CT molecular complexity index is 335. The highest BCUT2D eigenvalue weighted by molar-refractivity contribution is 5.47. The average molecular weight is 336 g/mol. The molecular weight excluding hydrogens is 292 g/mol. The first-order chi connectivity index (χ1) is 11.8. The molecule has 0 radical (unpaired) electrons. The lowest BCUT2D eigenvalue weighted by Crippen LogP contribution is -2.41. The number of quaternary nitrogens is 1. The number of allylic oxidation sites excluding steroid dienone is 2. The van der Waals surface area contributed by atoms with E-state index in [1.807, 2.05) is 0 Å². The van der Waals surface area contributed by atoms with Gasteiger partial charge in [0, 0.05) is 0 Å². The number of likely N-dealkylation sites (N-methyl/N-ethyl adjacent to an activating group) is 1. The first kappa shape index (κ1) is 21.4. The summed E-state index contributed by atoms with van der Waals surface area (Å²) in [5, 5.41) is 0. The minimum absolute atomic E-state index is 1.03. The molecule has 0 saturated heterocycles. The lowest BCUT2D eigenvalue weighted by molar-refractivity contribution is -0.807. The Hall–Kier alpha value is -0.630. The van der Waals surface area contributed by atoms with Gasteiger partial charge in [-0.2, -0.15) is 0 Å². The van der Waals surface area contributed by atoms with Crippen molar-refractivity contribution in [2.24, 2.45) is 4.99 Å². The van der Waals surface area contributed by atoms with Crippen LogP contribution in [0.4, 0.5) is 0 Å². The van der Waals surface area contributed by atoms with Crippen LogP contribution in [0, 0.1) is 0 Å².